The van der Waals surface area contributed by atoms with Crippen molar-refractivity contribution in [3.8, 4) is 11.5 Å². The predicted molar refractivity (Wildman–Crippen MR) is 95.1 cm³/mol. The van der Waals surface area contributed by atoms with Gasteiger partial charge in [-0.1, -0.05) is 18.2 Å². The summed E-state index contributed by atoms with van der Waals surface area (Å²) in [4.78, 5) is 22.6. The molecule has 0 aliphatic carbocycles. The van der Waals surface area contributed by atoms with Gasteiger partial charge in [0.25, 0.3) is 0 Å². The van der Waals surface area contributed by atoms with E-state index in [2.05, 4.69) is 0 Å². The summed E-state index contributed by atoms with van der Waals surface area (Å²) in [5.74, 6) is -0.000660. The minimum Gasteiger partial charge on any atom is -0.491 e. The van der Waals surface area contributed by atoms with E-state index in [9.17, 15) is 9.59 Å². The van der Waals surface area contributed by atoms with Crippen LogP contribution in [0.25, 0.3) is 6.08 Å². The molecule has 0 aliphatic heterocycles. The summed E-state index contributed by atoms with van der Waals surface area (Å²) >= 11 is 0. The maximum absolute atomic E-state index is 12.2. The monoisotopic (exact) mass is 340 g/mol. The molecule has 5 heteroatoms. The van der Waals surface area contributed by atoms with Crippen LogP contribution in [-0.2, 0) is 4.79 Å². The average molecular weight is 340 g/mol. The zero-order chi connectivity index (χ0) is 18.2. The first-order valence-corrected chi connectivity index (χ1v) is 7.88. The number of ether oxygens (including phenoxy) is 2. The van der Waals surface area contributed by atoms with Crippen molar-refractivity contribution < 1.29 is 24.2 Å². The molecule has 130 valence electrons. The van der Waals surface area contributed by atoms with E-state index in [-0.39, 0.29) is 11.9 Å². The topological polar surface area (TPSA) is 72.8 Å². The van der Waals surface area contributed by atoms with Crippen LogP contribution < -0.4 is 9.47 Å². The van der Waals surface area contributed by atoms with E-state index in [1.54, 1.807) is 30.3 Å². The maximum atomic E-state index is 12.2. The second-order valence-corrected chi connectivity index (χ2v) is 5.64. The second kappa shape index (κ2) is 8.68. The predicted octanol–water partition coefficient (Wildman–Crippen LogP) is 3.83. The highest BCUT2D eigenvalue weighted by molar-refractivity contribution is 6.06. The molecule has 0 aliphatic rings. The first kappa shape index (κ1) is 18.3. The number of rotatable bonds is 8. The van der Waals surface area contributed by atoms with Crippen LogP contribution in [0.5, 0.6) is 11.5 Å². The molecule has 2 rings (SSSR count). The van der Waals surface area contributed by atoms with E-state index in [1.165, 1.54) is 6.08 Å². The van der Waals surface area contributed by atoms with Crippen molar-refractivity contribution in [2.24, 2.45) is 0 Å². The molecule has 0 heterocycles. The van der Waals surface area contributed by atoms with Crippen molar-refractivity contribution >= 4 is 17.8 Å². The summed E-state index contributed by atoms with van der Waals surface area (Å²) in [5.41, 5.74) is 1.39. The molecule has 25 heavy (non-hydrogen) atoms. The van der Waals surface area contributed by atoms with Gasteiger partial charge in [0.05, 0.1) is 6.10 Å². The van der Waals surface area contributed by atoms with Gasteiger partial charge in [0.2, 0.25) is 0 Å². The second-order valence-electron chi connectivity index (χ2n) is 5.64. The van der Waals surface area contributed by atoms with Crippen LogP contribution in [0.3, 0.4) is 0 Å². The van der Waals surface area contributed by atoms with Crippen LogP contribution in [0.15, 0.2) is 54.6 Å². The van der Waals surface area contributed by atoms with E-state index in [0.717, 1.165) is 11.3 Å². The summed E-state index contributed by atoms with van der Waals surface area (Å²) in [6, 6.07) is 13.8. The molecule has 5 nitrogen and oxygen atoms in total. The Morgan fingerprint density at radius 3 is 2.16 bits per heavy atom. The van der Waals surface area contributed by atoms with E-state index in [0.29, 0.717) is 11.3 Å². The SMILES string of the molecule is CC(C)Oc1ccc(C=CC(=O)c2ccc(OCC(=O)O)cc2)cc1. The highest BCUT2D eigenvalue weighted by atomic mass is 16.5. The number of hydrogen-bond donors (Lipinski definition) is 1. The first-order valence-electron chi connectivity index (χ1n) is 7.88. The fourth-order valence-electron chi connectivity index (χ4n) is 2.06. The molecule has 0 bridgehead atoms. The third-order valence-electron chi connectivity index (χ3n) is 3.18. The summed E-state index contributed by atoms with van der Waals surface area (Å²) in [7, 11) is 0. The minimum atomic E-state index is -1.05. The van der Waals surface area contributed by atoms with Gasteiger partial charge in [-0.2, -0.15) is 0 Å². The summed E-state index contributed by atoms with van der Waals surface area (Å²) in [5, 5.41) is 8.56. The Balaban J connectivity index is 1.96. The fraction of sp³-hybridized carbons (Fsp3) is 0.200. The van der Waals surface area contributed by atoms with Crippen molar-refractivity contribution in [1.29, 1.82) is 0 Å². The van der Waals surface area contributed by atoms with E-state index in [4.69, 9.17) is 14.6 Å². The smallest absolute Gasteiger partial charge is 0.341 e. The average Bonchev–Trinajstić information content (AvgIpc) is 2.59. The molecule has 2 aromatic carbocycles. The molecule has 2 aromatic rings. The number of carbonyl (C=O) groups excluding carboxylic acids is 1. The Bertz CT molecular complexity index is 743. The normalized spacial score (nSPS) is 10.8. The van der Waals surface area contributed by atoms with Crippen LogP contribution in [0.4, 0.5) is 0 Å². The van der Waals surface area contributed by atoms with Gasteiger partial charge in [-0.25, -0.2) is 4.79 Å². The van der Waals surface area contributed by atoms with Crippen LogP contribution >= 0.6 is 0 Å². The third-order valence-corrected chi connectivity index (χ3v) is 3.18. The lowest BCUT2D eigenvalue weighted by molar-refractivity contribution is -0.139. The van der Waals surface area contributed by atoms with Gasteiger partial charge in [0.1, 0.15) is 11.5 Å². The Morgan fingerprint density at radius 1 is 1.00 bits per heavy atom. The number of carboxylic acids is 1. The highest BCUT2D eigenvalue weighted by Crippen LogP contribution is 2.16. The Kier molecular flexibility index (Phi) is 6.34. The molecule has 0 saturated carbocycles. The largest absolute Gasteiger partial charge is 0.491 e. The fourth-order valence-corrected chi connectivity index (χ4v) is 2.06. The van der Waals surface area contributed by atoms with Crippen LogP contribution in [0, 0.1) is 0 Å². The quantitative estimate of drug-likeness (QED) is 0.584. The van der Waals surface area contributed by atoms with Crippen molar-refractivity contribution in [1.82, 2.24) is 0 Å². The van der Waals surface area contributed by atoms with Crippen molar-refractivity contribution in [2.45, 2.75) is 20.0 Å². The summed E-state index contributed by atoms with van der Waals surface area (Å²) in [6.07, 6.45) is 3.34. The van der Waals surface area contributed by atoms with Gasteiger partial charge in [-0.3, -0.25) is 4.79 Å². The zero-order valence-electron chi connectivity index (χ0n) is 14.1. The van der Waals surface area contributed by atoms with E-state index in [1.807, 2.05) is 38.1 Å². The van der Waals surface area contributed by atoms with Crippen molar-refractivity contribution in [3.63, 3.8) is 0 Å². The van der Waals surface area contributed by atoms with Crippen LogP contribution in [0.1, 0.15) is 29.8 Å². The number of carbonyl (C=O) groups is 2. The van der Waals surface area contributed by atoms with Gasteiger partial charge in [0.15, 0.2) is 12.4 Å². The molecular formula is C20H20O5. The minimum absolute atomic E-state index is 0.116. The summed E-state index contributed by atoms with van der Waals surface area (Å²) in [6.45, 7) is 3.51. The molecule has 0 unspecified atom stereocenters. The Hall–Kier alpha value is -3.08. The number of allylic oxidation sites excluding steroid dienone is 1. The molecule has 0 saturated heterocycles. The molecule has 0 fully saturated rings. The standard InChI is InChI=1S/C20H20O5/c1-14(2)25-18-8-3-15(4-9-18)5-12-19(21)16-6-10-17(11-7-16)24-13-20(22)23/h3-12,14H,13H2,1-2H3,(H,22,23). The van der Waals surface area contributed by atoms with Gasteiger partial charge >= 0.3 is 5.97 Å². The molecule has 0 spiro atoms. The van der Waals surface area contributed by atoms with Crippen LogP contribution in [-0.4, -0.2) is 29.6 Å². The lowest BCUT2D eigenvalue weighted by atomic mass is 10.1. The molecular weight excluding hydrogens is 320 g/mol. The lowest BCUT2D eigenvalue weighted by Gasteiger charge is -2.09. The molecule has 0 atom stereocenters. The van der Waals surface area contributed by atoms with Gasteiger partial charge < -0.3 is 14.6 Å². The molecule has 0 radical (unpaired) electrons. The van der Waals surface area contributed by atoms with Crippen molar-refractivity contribution in [3.05, 3.63) is 65.7 Å². The lowest BCUT2D eigenvalue weighted by Crippen LogP contribution is -2.09. The number of aliphatic carboxylic acids is 1. The Morgan fingerprint density at radius 2 is 1.60 bits per heavy atom. The highest BCUT2D eigenvalue weighted by Gasteiger charge is 2.04. The van der Waals surface area contributed by atoms with E-state index >= 15 is 0 Å². The van der Waals surface area contributed by atoms with Gasteiger partial charge in [-0.15, -0.1) is 0 Å². The molecule has 0 amide bonds. The molecule has 1 N–H and O–H groups in total. The maximum Gasteiger partial charge on any atom is 0.341 e. The number of ketones is 1. The van der Waals surface area contributed by atoms with Gasteiger partial charge in [-0.05, 0) is 61.9 Å². The Labute approximate surface area is 146 Å². The van der Waals surface area contributed by atoms with Gasteiger partial charge in [0, 0.05) is 5.56 Å². The zero-order valence-corrected chi connectivity index (χ0v) is 14.1. The number of carboxylic acid groups (broad SMARTS) is 1. The molecule has 0 aromatic heterocycles. The first-order chi connectivity index (χ1) is 11.9. The van der Waals surface area contributed by atoms with Crippen LogP contribution in [0.2, 0.25) is 0 Å². The van der Waals surface area contributed by atoms with Crippen molar-refractivity contribution in [2.75, 3.05) is 6.61 Å². The number of benzene rings is 2. The third kappa shape index (κ3) is 6.14. The number of hydrogen-bond acceptors (Lipinski definition) is 4. The summed E-state index contributed by atoms with van der Waals surface area (Å²) < 4.78 is 10.6. The van der Waals surface area contributed by atoms with E-state index < -0.39 is 12.6 Å².